The van der Waals surface area contributed by atoms with Gasteiger partial charge in [0.15, 0.2) is 5.82 Å². The minimum atomic E-state index is -0.251. The molecular weight excluding hydrogens is 366 g/mol. The molecule has 0 saturated carbocycles. The second-order valence-electron chi connectivity index (χ2n) is 6.71. The molecule has 1 atom stereocenters. The summed E-state index contributed by atoms with van der Waals surface area (Å²) < 4.78 is 5.07. The number of nitriles is 1. The summed E-state index contributed by atoms with van der Waals surface area (Å²) in [6, 6.07) is 9.68. The van der Waals surface area contributed by atoms with Crippen molar-refractivity contribution in [2.75, 3.05) is 16.0 Å². The molecule has 0 aliphatic carbocycles. The molecule has 8 heteroatoms. The van der Waals surface area contributed by atoms with E-state index in [-0.39, 0.29) is 17.4 Å². The van der Waals surface area contributed by atoms with Crippen LogP contribution in [0.25, 0.3) is 11.8 Å². The van der Waals surface area contributed by atoms with Gasteiger partial charge in [-0.25, -0.2) is 9.97 Å². The van der Waals surface area contributed by atoms with Gasteiger partial charge in [-0.15, -0.1) is 0 Å². The van der Waals surface area contributed by atoms with Crippen molar-refractivity contribution in [3.8, 4) is 6.07 Å². The van der Waals surface area contributed by atoms with Gasteiger partial charge in [0.25, 0.3) is 0 Å². The van der Waals surface area contributed by atoms with Crippen LogP contribution in [0.2, 0.25) is 0 Å². The first-order valence-electron chi connectivity index (χ1n) is 8.99. The molecule has 0 spiro atoms. The van der Waals surface area contributed by atoms with E-state index in [1.807, 2.05) is 36.9 Å². The lowest BCUT2D eigenvalue weighted by molar-refractivity contribution is 0.421. The fourth-order valence-electron chi connectivity index (χ4n) is 3.51. The van der Waals surface area contributed by atoms with Crippen molar-refractivity contribution in [1.82, 2.24) is 15.1 Å². The first-order chi connectivity index (χ1) is 14.0. The third-order valence-electron chi connectivity index (χ3n) is 4.86. The van der Waals surface area contributed by atoms with Crippen molar-refractivity contribution in [2.24, 2.45) is 0 Å². The molecule has 0 radical (unpaired) electrons. The average molecular weight is 385 g/mol. The Kier molecular flexibility index (Phi) is 4.49. The molecule has 0 fully saturated rings. The number of aryl methyl sites for hydroxylation is 1. The number of hydrogen-bond donors (Lipinski definition) is 2. The van der Waals surface area contributed by atoms with Gasteiger partial charge in [-0.05, 0) is 31.1 Å². The molecule has 0 bridgehead atoms. The van der Waals surface area contributed by atoms with Gasteiger partial charge in [0.2, 0.25) is 0 Å². The van der Waals surface area contributed by atoms with Gasteiger partial charge in [0.1, 0.15) is 35.9 Å². The van der Waals surface area contributed by atoms with E-state index in [1.165, 1.54) is 12.6 Å². The van der Waals surface area contributed by atoms with Gasteiger partial charge in [0, 0.05) is 23.0 Å². The summed E-state index contributed by atoms with van der Waals surface area (Å²) in [5.74, 6) is 1.12. The molecule has 1 aromatic carbocycles. The van der Waals surface area contributed by atoms with Gasteiger partial charge < -0.3 is 15.6 Å². The monoisotopic (exact) mass is 385 g/mol. The van der Waals surface area contributed by atoms with Crippen LogP contribution in [0.15, 0.2) is 53.7 Å². The quantitative estimate of drug-likeness (QED) is 0.700. The van der Waals surface area contributed by atoms with Gasteiger partial charge in [-0.2, -0.15) is 5.26 Å². The number of nitrogens with one attached hydrogen (secondary N) is 1. The molecule has 8 nitrogen and oxygen atoms in total. The van der Waals surface area contributed by atoms with E-state index in [2.05, 4.69) is 39.2 Å². The molecule has 2 aromatic heterocycles. The van der Waals surface area contributed by atoms with E-state index in [0.29, 0.717) is 11.6 Å². The predicted octanol–water partition coefficient (Wildman–Crippen LogP) is 3.56. The molecule has 4 rings (SSSR count). The Hall–Kier alpha value is -4.12. The molecule has 1 aliphatic rings. The highest BCUT2D eigenvalue weighted by Crippen LogP contribution is 2.39. The molecule has 1 aliphatic heterocycles. The zero-order chi connectivity index (χ0) is 20.5. The predicted molar refractivity (Wildman–Crippen MR) is 111 cm³/mol. The van der Waals surface area contributed by atoms with E-state index >= 15 is 0 Å². The fourth-order valence-corrected chi connectivity index (χ4v) is 3.51. The molecule has 3 heterocycles. The van der Waals surface area contributed by atoms with Crippen LogP contribution in [0.1, 0.15) is 29.2 Å². The van der Waals surface area contributed by atoms with Gasteiger partial charge in [-0.3, -0.25) is 4.90 Å². The number of nitrogens with two attached hydrogens (primary N) is 1. The van der Waals surface area contributed by atoms with E-state index in [1.54, 1.807) is 6.07 Å². The Morgan fingerprint density at radius 3 is 2.86 bits per heavy atom. The maximum Gasteiger partial charge on any atom is 0.180 e. The van der Waals surface area contributed by atoms with Crippen molar-refractivity contribution in [3.63, 3.8) is 0 Å². The summed E-state index contributed by atoms with van der Waals surface area (Å²) in [4.78, 5) is 10.0. The van der Waals surface area contributed by atoms with Crippen LogP contribution < -0.4 is 16.0 Å². The number of aromatic nitrogens is 3. The van der Waals surface area contributed by atoms with Crippen molar-refractivity contribution in [1.29, 1.82) is 5.26 Å². The molecule has 29 heavy (non-hydrogen) atoms. The van der Waals surface area contributed by atoms with Crippen LogP contribution in [-0.2, 0) is 0 Å². The molecule has 3 N–H and O–H groups in total. The third-order valence-corrected chi connectivity index (χ3v) is 4.86. The van der Waals surface area contributed by atoms with Crippen LogP contribution in [0, 0.1) is 18.3 Å². The zero-order valence-electron chi connectivity index (χ0n) is 16.0. The number of nitrogen functional groups attached to an aromatic ring is 1. The Balaban J connectivity index is 1.80. The number of anilines is 3. The summed E-state index contributed by atoms with van der Waals surface area (Å²) in [6.07, 6.45) is 4.91. The summed E-state index contributed by atoms with van der Waals surface area (Å²) >= 11 is 0. The Labute approximate surface area is 168 Å². The smallest absolute Gasteiger partial charge is 0.180 e. The lowest BCUT2D eigenvalue weighted by atomic mass is 9.92. The SMILES string of the molecule is C=C1c2c(C)cccc2C=C([C@H](C)Nc2ncnc(N)c2C#N)N1c1ccon1. The first-order valence-corrected chi connectivity index (χ1v) is 8.99. The van der Waals surface area contributed by atoms with E-state index < -0.39 is 0 Å². The lowest BCUT2D eigenvalue weighted by Crippen LogP contribution is -2.34. The molecule has 0 unspecified atom stereocenters. The summed E-state index contributed by atoms with van der Waals surface area (Å²) in [6.45, 7) is 8.33. The normalized spacial score (nSPS) is 14.0. The highest BCUT2D eigenvalue weighted by molar-refractivity contribution is 5.92. The molecule has 3 aromatic rings. The largest absolute Gasteiger partial charge is 0.382 e. The zero-order valence-corrected chi connectivity index (χ0v) is 16.0. The second kappa shape index (κ2) is 7.13. The Morgan fingerprint density at radius 1 is 1.31 bits per heavy atom. The van der Waals surface area contributed by atoms with Crippen LogP contribution in [0.3, 0.4) is 0 Å². The maximum atomic E-state index is 9.42. The van der Waals surface area contributed by atoms with Gasteiger partial charge >= 0.3 is 0 Å². The minimum absolute atomic E-state index is 0.133. The third kappa shape index (κ3) is 3.08. The van der Waals surface area contributed by atoms with Crippen molar-refractivity contribution in [2.45, 2.75) is 19.9 Å². The number of rotatable bonds is 4. The van der Waals surface area contributed by atoms with Crippen LogP contribution in [0.4, 0.5) is 17.5 Å². The molecular formula is C21H19N7O. The number of benzene rings is 1. The first kappa shape index (κ1) is 18.3. The number of nitrogens with zero attached hydrogens (tertiary/aromatic N) is 5. The standard InChI is InChI=1S/C21H19N7O/c1-12-5-4-6-15-9-17(28(14(3)19(12)15)18-7-8-29-27-18)13(2)26-21-16(10-22)20(23)24-11-25-21/h4-9,11,13H,3H2,1-2H3,(H3,23,24,25,26)/t13-/m0/s1. The van der Waals surface area contributed by atoms with E-state index in [4.69, 9.17) is 10.3 Å². The highest BCUT2D eigenvalue weighted by atomic mass is 16.5. The summed E-state index contributed by atoms with van der Waals surface area (Å²) in [7, 11) is 0. The highest BCUT2D eigenvalue weighted by Gasteiger charge is 2.29. The summed E-state index contributed by atoms with van der Waals surface area (Å²) in [5, 5.41) is 16.8. The van der Waals surface area contributed by atoms with E-state index in [9.17, 15) is 5.26 Å². The Morgan fingerprint density at radius 2 is 2.14 bits per heavy atom. The molecule has 144 valence electrons. The van der Waals surface area contributed by atoms with Crippen molar-refractivity contribution < 1.29 is 4.52 Å². The average Bonchev–Trinajstić information content (AvgIpc) is 3.22. The fraction of sp³-hybridized carbons (Fsp3) is 0.143. The molecule has 0 amide bonds. The summed E-state index contributed by atoms with van der Waals surface area (Å²) in [5.41, 5.74) is 10.9. The van der Waals surface area contributed by atoms with Crippen molar-refractivity contribution in [3.05, 3.63) is 71.4 Å². The van der Waals surface area contributed by atoms with Crippen LogP contribution >= 0.6 is 0 Å². The lowest BCUT2D eigenvalue weighted by Gasteiger charge is -2.35. The topological polar surface area (TPSA) is 117 Å². The van der Waals surface area contributed by atoms with Gasteiger partial charge in [0.05, 0.1) is 6.04 Å². The van der Waals surface area contributed by atoms with Crippen LogP contribution in [-0.4, -0.2) is 21.2 Å². The number of fused-ring (bicyclic) bond motifs is 1. The second-order valence-corrected chi connectivity index (χ2v) is 6.71. The van der Waals surface area contributed by atoms with Gasteiger partial charge in [-0.1, -0.05) is 29.9 Å². The molecule has 0 saturated heterocycles. The van der Waals surface area contributed by atoms with Crippen LogP contribution in [0.5, 0.6) is 0 Å². The van der Waals surface area contributed by atoms with Crippen molar-refractivity contribution >= 4 is 29.2 Å². The minimum Gasteiger partial charge on any atom is -0.382 e. The Bertz CT molecular complexity index is 1160. The maximum absolute atomic E-state index is 9.42. The number of hydrogen-bond acceptors (Lipinski definition) is 8. The van der Waals surface area contributed by atoms with E-state index in [0.717, 1.165) is 28.1 Å².